The van der Waals surface area contributed by atoms with Crippen LogP contribution in [0.4, 0.5) is 0 Å². The second kappa shape index (κ2) is 7.22. The summed E-state index contributed by atoms with van der Waals surface area (Å²) >= 11 is 6.07. The molecule has 3 aromatic heterocycles. The van der Waals surface area contributed by atoms with Crippen molar-refractivity contribution in [1.82, 2.24) is 24.1 Å². The van der Waals surface area contributed by atoms with Crippen molar-refractivity contribution in [3.8, 4) is 5.69 Å². The van der Waals surface area contributed by atoms with Gasteiger partial charge in [0.05, 0.1) is 16.7 Å². The number of rotatable bonds is 4. The van der Waals surface area contributed by atoms with E-state index in [4.69, 9.17) is 21.6 Å². The Labute approximate surface area is 177 Å². The van der Waals surface area contributed by atoms with Crippen LogP contribution < -0.4 is 5.43 Å². The van der Waals surface area contributed by atoms with Gasteiger partial charge < -0.3 is 0 Å². The van der Waals surface area contributed by atoms with Gasteiger partial charge in [-0.3, -0.25) is 9.20 Å². The van der Waals surface area contributed by atoms with E-state index in [1.54, 1.807) is 23.7 Å². The van der Waals surface area contributed by atoms with Crippen molar-refractivity contribution < 1.29 is 0 Å². The number of hydrogen-bond donors (Lipinski definition) is 0. The number of para-hydroxylation sites is 2. The van der Waals surface area contributed by atoms with Crippen molar-refractivity contribution in [2.45, 2.75) is 33.1 Å². The quantitative estimate of drug-likeness (QED) is 0.417. The Balaban J connectivity index is 1.97. The minimum Gasteiger partial charge on any atom is -0.287 e. The van der Waals surface area contributed by atoms with Crippen molar-refractivity contribution in [2.24, 2.45) is 0 Å². The van der Waals surface area contributed by atoms with Gasteiger partial charge >= 0.3 is 0 Å². The smallest absolute Gasteiger partial charge is 0.216 e. The minimum atomic E-state index is -0.148. The van der Waals surface area contributed by atoms with Gasteiger partial charge in [-0.25, -0.2) is 14.6 Å². The Morgan fingerprint density at radius 1 is 1.00 bits per heavy atom. The van der Waals surface area contributed by atoms with Gasteiger partial charge in [-0.15, -0.1) is 0 Å². The first kappa shape index (κ1) is 18.8. The molecule has 2 aromatic carbocycles. The van der Waals surface area contributed by atoms with Gasteiger partial charge in [0.1, 0.15) is 16.9 Å². The molecule has 7 heteroatoms. The topological polar surface area (TPSA) is 65.1 Å². The molecule has 0 amide bonds. The Kier molecular flexibility index (Phi) is 4.51. The molecule has 0 N–H and O–H groups in total. The summed E-state index contributed by atoms with van der Waals surface area (Å²) in [5, 5.41) is 5.66. The maximum absolute atomic E-state index is 13.2. The third-order valence-electron chi connectivity index (χ3n) is 5.33. The molecule has 0 fully saturated rings. The van der Waals surface area contributed by atoms with Crippen LogP contribution in [0, 0.1) is 6.92 Å². The molecule has 6 nitrogen and oxygen atoms in total. The van der Waals surface area contributed by atoms with Crippen LogP contribution in [-0.2, 0) is 6.42 Å². The molecule has 0 saturated heterocycles. The van der Waals surface area contributed by atoms with E-state index in [2.05, 4.69) is 12.0 Å². The number of unbranched alkanes of at least 4 members (excludes halogenated alkanes) is 1. The molecule has 30 heavy (non-hydrogen) atoms. The SMILES string of the molecule is CCCCc1nc2c(c(=O)c(C)nn2-c2ccc(Cl)cc2)c2nc3ccccc3n12. The fourth-order valence-corrected chi connectivity index (χ4v) is 3.95. The van der Waals surface area contributed by atoms with E-state index in [0.717, 1.165) is 41.8 Å². The maximum Gasteiger partial charge on any atom is 0.216 e. The summed E-state index contributed by atoms with van der Waals surface area (Å²) in [5.41, 5.74) is 3.99. The predicted octanol–water partition coefficient (Wildman–Crippen LogP) is 4.89. The molecular formula is C23H20ClN5O. The van der Waals surface area contributed by atoms with E-state index in [1.807, 2.05) is 40.8 Å². The molecule has 0 aliphatic rings. The standard InChI is InChI=1S/C23H20ClN5O/c1-3-4-9-19-26-23-20(22-25-17-7-5-6-8-18(17)28(19)22)21(30)14(2)27-29(23)16-12-10-15(24)11-13-16/h5-8,10-13H,3-4,9H2,1-2H3. The third-order valence-corrected chi connectivity index (χ3v) is 5.58. The molecule has 0 aliphatic heterocycles. The summed E-state index contributed by atoms with van der Waals surface area (Å²) < 4.78 is 3.75. The summed E-state index contributed by atoms with van der Waals surface area (Å²) in [4.78, 5) is 23.0. The lowest BCUT2D eigenvalue weighted by molar-refractivity contribution is 0.740. The largest absolute Gasteiger partial charge is 0.287 e. The van der Waals surface area contributed by atoms with Gasteiger partial charge in [0.25, 0.3) is 0 Å². The highest BCUT2D eigenvalue weighted by Crippen LogP contribution is 2.25. The summed E-state index contributed by atoms with van der Waals surface area (Å²) in [6.07, 6.45) is 2.82. The number of hydrogen-bond acceptors (Lipinski definition) is 4. The summed E-state index contributed by atoms with van der Waals surface area (Å²) in [5.74, 6) is 0.876. The van der Waals surface area contributed by atoms with Crippen molar-refractivity contribution >= 4 is 39.3 Å². The second-order valence-corrected chi connectivity index (χ2v) is 7.83. The average Bonchev–Trinajstić information content (AvgIpc) is 3.14. The Hall–Kier alpha value is -3.25. The van der Waals surface area contributed by atoms with Crippen LogP contribution in [0.3, 0.4) is 0 Å². The fraction of sp³-hybridized carbons (Fsp3) is 0.217. The predicted molar refractivity (Wildman–Crippen MR) is 120 cm³/mol. The number of aromatic nitrogens is 5. The van der Waals surface area contributed by atoms with Crippen LogP contribution in [0.5, 0.6) is 0 Å². The molecular weight excluding hydrogens is 398 g/mol. The first-order chi connectivity index (χ1) is 14.6. The first-order valence-electron chi connectivity index (χ1n) is 10.0. The molecule has 5 rings (SSSR count). The van der Waals surface area contributed by atoms with Crippen molar-refractivity contribution in [2.75, 3.05) is 0 Å². The van der Waals surface area contributed by atoms with Crippen LogP contribution in [0.15, 0.2) is 53.3 Å². The maximum atomic E-state index is 13.2. The Bertz CT molecular complexity index is 1470. The van der Waals surface area contributed by atoms with E-state index in [1.165, 1.54) is 0 Å². The first-order valence-corrected chi connectivity index (χ1v) is 10.4. The molecule has 5 aromatic rings. The molecule has 150 valence electrons. The number of aryl methyl sites for hydroxylation is 2. The van der Waals surface area contributed by atoms with Crippen LogP contribution in [0.2, 0.25) is 5.02 Å². The van der Waals surface area contributed by atoms with Gasteiger partial charge in [-0.2, -0.15) is 5.10 Å². The summed E-state index contributed by atoms with van der Waals surface area (Å²) in [7, 11) is 0. The Morgan fingerprint density at radius 2 is 1.77 bits per heavy atom. The van der Waals surface area contributed by atoms with Gasteiger partial charge in [-0.05, 0) is 49.7 Å². The van der Waals surface area contributed by atoms with Crippen LogP contribution in [0.25, 0.3) is 33.4 Å². The zero-order chi connectivity index (χ0) is 20.8. The number of halogens is 1. The van der Waals surface area contributed by atoms with Gasteiger partial charge in [0, 0.05) is 11.4 Å². The number of imidazole rings is 1. The van der Waals surface area contributed by atoms with Gasteiger partial charge in [0.2, 0.25) is 5.43 Å². The van der Waals surface area contributed by atoms with E-state index < -0.39 is 0 Å². The van der Waals surface area contributed by atoms with Crippen molar-refractivity contribution in [3.05, 3.63) is 75.3 Å². The molecule has 0 spiro atoms. The zero-order valence-corrected chi connectivity index (χ0v) is 17.5. The molecule has 0 radical (unpaired) electrons. The number of nitrogens with zero attached hydrogens (tertiary/aromatic N) is 5. The summed E-state index contributed by atoms with van der Waals surface area (Å²) in [6.45, 7) is 3.87. The molecule has 0 atom stereocenters. The van der Waals surface area contributed by atoms with Crippen molar-refractivity contribution in [3.63, 3.8) is 0 Å². The molecule has 0 aliphatic carbocycles. The lowest BCUT2D eigenvalue weighted by atomic mass is 10.2. The fourth-order valence-electron chi connectivity index (χ4n) is 3.83. The van der Waals surface area contributed by atoms with Crippen LogP contribution in [0.1, 0.15) is 31.3 Å². The zero-order valence-electron chi connectivity index (χ0n) is 16.8. The lowest BCUT2D eigenvalue weighted by Gasteiger charge is -2.13. The number of benzene rings is 2. The van der Waals surface area contributed by atoms with Crippen LogP contribution >= 0.6 is 11.6 Å². The number of fused-ring (bicyclic) bond motifs is 5. The van der Waals surface area contributed by atoms with Gasteiger partial charge in [-0.1, -0.05) is 37.1 Å². The van der Waals surface area contributed by atoms with Crippen LogP contribution in [-0.4, -0.2) is 24.1 Å². The van der Waals surface area contributed by atoms with E-state index in [-0.39, 0.29) is 5.43 Å². The molecule has 3 heterocycles. The highest BCUT2D eigenvalue weighted by Gasteiger charge is 2.20. The normalized spacial score (nSPS) is 11.7. The minimum absolute atomic E-state index is 0.148. The summed E-state index contributed by atoms with van der Waals surface area (Å²) in [6, 6.07) is 15.3. The van der Waals surface area contributed by atoms with Gasteiger partial charge in [0.15, 0.2) is 11.3 Å². The molecule has 0 bridgehead atoms. The Morgan fingerprint density at radius 3 is 2.53 bits per heavy atom. The third kappa shape index (κ3) is 2.87. The monoisotopic (exact) mass is 417 g/mol. The van der Waals surface area contributed by atoms with E-state index in [9.17, 15) is 4.79 Å². The highest BCUT2D eigenvalue weighted by atomic mass is 35.5. The second-order valence-electron chi connectivity index (χ2n) is 7.39. The lowest BCUT2D eigenvalue weighted by Crippen LogP contribution is -2.19. The van der Waals surface area contributed by atoms with E-state index in [0.29, 0.717) is 27.4 Å². The van der Waals surface area contributed by atoms with Crippen molar-refractivity contribution in [1.29, 1.82) is 0 Å². The molecule has 0 unspecified atom stereocenters. The average molecular weight is 418 g/mol. The highest BCUT2D eigenvalue weighted by molar-refractivity contribution is 6.30. The van der Waals surface area contributed by atoms with E-state index >= 15 is 0 Å². The molecule has 0 saturated carbocycles.